The lowest BCUT2D eigenvalue weighted by atomic mass is 10.1. The molecule has 0 saturated carbocycles. The van der Waals surface area contributed by atoms with Crippen LogP contribution in [-0.4, -0.2) is 42.1 Å². The Balaban J connectivity index is 2.10. The zero-order valence-electron chi connectivity index (χ0n) is 13.9. The van der Waals surface area contributed by atoms with Gasteiger partial charge in [-0.3, -0.25) is 0 Å². The summed E-state index contributed by atoms with van der Waals surface area (Å²) in [5.74, 6) is 0.615. The van der Waals surface area contributed by atoms with Gasteiger partial charge in [-0.1, -0.05) is 11.6 Å². The molecule has 0 bridgehead atoms. The van der Waals surface area contributed by atoms with Crippen LogP contribution in [0.25, 0.3) is 0 Å². The minimum absolute atomic E-state index is 0.00935. The molecule has 1 aromatic carbocycles. The van der Waals surface area contributed by atoms with Gasteiger partial charge in [0.15, 0.2) is 0 Å². The van der Waals surface area contributed by atoms with Crippen molar-refractivity contribution >= 4 is 29.1 Å². The molecular formula is C16H19ClF3N5. The normalized spacial score (nSPS) is 11.6. The lowest BCUT2D eigenvalue weighted by Crippen LogP contribution is -2.16. The Bertz CT molecular complexity index is 706. The second-order valence-corrected chi connectivity index (χ2v) is 6.10. The van der Waals surface area contributed by atoms with E-state index in [1.165, 1.54) is 18.3 Å². The van der Waals surface area contributed by atoms with Crippen LogP contribution in [0.5, 0.6) is 0 Å². The molecule has 2 N–H and O–H groups in total. The number of nitrogens with one attached hydrogen (secondary N) is 2. The van der Waals surface area contributed by atoms with Gasteiger partial charge in [0.1, 0.15) is 5.82 Å². The maximum absolute atomic E-state index is 13.1. The largest absolute Gasteiger partial charge is 0.418 e. The summed E-state index contributed by atoms with van der Waals surface area (Å²) in [4.78, 5) is 10.2. The molecule has 0 saturated heterocycles. The van der Waals surface area contributed by atoms with Gasteiger partial charge < -0.3 is 15.5 Å². The summed E-state index contributed by atoms with van der Waals surface area (Å²) in [5, 5.41) is 5.73. The first kappa shape index (κ1) is 19.3. The third kappa shape index (κ3) is 6.06. The highest BCUT2D eigenvalue weighted by Gasteiger charge is 2.34. The fourth-order valence-corrected chi connectivity index (χ4v) is 2.28. The summed E-state index contributed by atoms with van der Waals surface area (Å²) in [6.07, 6.45) is -2.14. The molecule has 0 unspecified atom stereocenters. The number of nitrogens with zero attached hydrogens (tertiary/aromatic N) is 3. The van der Waals surface area contributed by atoms with Gasteiger partial charge in [-0.25, -0.2) is 4.98 Å². The zero-order chi connectivity index (χ0) is 18.4. The van der Waals surface area contributed by atoms with Crippen molar-refractivity contribution in [3.63, 3.8) is 0 Å². The van der Waals surface area contributed by atoms with E-state index in [9.17, 15) is 13.2 Å². The monoisotopic (exact) mass is 373 g/mol. The quantitative estimate of drug-likeness (QED) is 0.710. The van der Waals surface area contributed by atoms with Crippen molar-refractivity contribution in [3.8, 4) is 0 Å². The van der Waals surface area contributed by atoms with Crippen molar-refractivity contribution in [3.05, 3.63) is 41.0 Å². The van der Waals surface area contributed by atoms with E-state index in [2.05, 4.69) is 25.5 Å². The molecule has 0 fully saturated rings. The van der Waals surface area contributed by atoms with E-state index >= 15 is 0 Å². The molecule has 0 aliphatic carbocycles. The highest BCUT2D eigenvalue weighted by molar-refractivity contribution is 6.30. The van der Waals surface area contributed by atoms with E-state index in [0.717, 1.165) is 19.0 Å². The van der Waals surface area contributed by atoms with Crippen LogP contribution < -0.4 is 10.6 Å². The molecule has 0 atom stereocenters. The molecule has 136 valence electrons. The maximum atomic E-state index is 13.1. The van der Waals surface area contributed by atoms with Gasteiger partial charge in [-0.15, -0.1) is 0 Å². The highest BCUT2D eigenvalue weighted by Crippen LogP contribution is 2.37. The third-order valence-electron chi connectivity index (χ3n) is 3.28. The number of alkyl halides is 3. The maximum Gasteiger partial charge on any atom is 0.418 e. The Morgan fingerprint density at radius 1 is 1.20 bits per heavy atom. The Morgan fingerprint density at radius 2 is 1.96 bits per heavy atom. The lowest BCUT2D eigenvalue weighted by molar-refractivity contribution is -0.136. The van der Waals surface area contributed by atoms with Gasteiger partial charge in [0, 0.05) is 17.8 Å². The predicted molar refractivity (Wildman–Crippen MR) is 93.4 cm³/mol. The SMILES string of the molecule is CN(C)CCCNc1ccnc(Nc2ccc(Cl)cc2C(F)(F)F)n1. The first-order valence-corrected chi connectivity index (χ1v) is 7.99. The van der Waals surface area contributed by atoms with Gasteiger partial charge in [-0.2, -0.15) is 18.2 Å². The van der Waals surface area contributed by atoms with Crippen molar-refractivity contribution in [1.29, 1.82) is 0 Å². The minimum Gasteiger partial charge on any atom is -0.370 e. The van der Waals surface area contributed by atoms with Crippen LogP contribution in [0.4, 0.5) is 30.6 Å². The van der Waals surface area contributed by atoms with Gasteiger partial charge in [0.05, 0.1) is 11.3 Å². The molecule has 0 aliphatic rings. The Morgan fingerprint density at radius 3 is 2.64 bits per heavy atom. The molecule has 25 heavy (non-hydrogen) atoms. The van der Waals surface area contributed by atoms with Crippen LogP contribution in [-0.2, 0) is 6.18 Å². The van der Waals surface area contributed by atoms with Crippen molar-refractivity contribution in [2.24, 2.45) is 0 Å². The molecule has 2 aromatic rings. The van der Waals surface area contributed by atoms with Gasteiger partial charge in [-0.05, 0) is 51.3 Å². The van der Waals surface area contributed by atoms with E-state index in [4.69, 9.17) is 11.6 Å². The number of anilines is 3. The highest BCUT2D eigenvalue weighted by atomic mass is 35.5. The van der Waals surface area contributed by atoms with Gasteiger partial charge in [0.2, 0.25) is 5.95 Å². The standard InChI is InChI=1S/C16H19ClF3N5/c1-25(2)9-3-7-21-14-6-8-22-15(24-14)23-13-5-4-11(17)10-12(13)16(18,19)20/h4-6,8,10H,3,7,9H2,1-2H3,(H2,21,22,23,24). The van der Waals surface area contributed by atoms with Crippen LogP contribution in [0.3, 0.4) is 0 Å². The van der Waals surface area contributed by atoms with Crippen LogP contribution in [0.1, 0.15) is 12.0 Å². The van der Waals surface area contributed by atoms with Gasteiger partial charge in [0.25, 0.3) is 0 Å². The molecule has 2 rings (SSSR count). The topological polar surface area (TPSA) is 53.1 Å². The van der Waals surface area contributed by atoms with Crippen LogP contribution in [0.2, 0.25) is 5.02 Å². The van der Waals surface area contributed by atoms with E-state index < -0.39 is 11.7 Å². The molecule has 1 aromatic heterocycles. The van der Waals surface area contributed by atoms with E-state index in [1.54, 1.807) is 6.07 Å². The number of benzene rings is 1. The van der Waals surface area contributed by atoms with E-state index in [0.29, 0.717) is 12.4 Å². The minimum atomic E-state index is -4.53. The predicted octanol–water partition coefficient (Wildman–Crippen LogP) is 4.26. The Hall–Kier alpha value is -2.06. The third-order valence-corrected chi connectivity index (χ3v) is 3.51. The molecular weight excluding hydrogens is 355 g/mol. The molecule has 0 radical (unpaired) electrons. The Labute approximate surface area is 149 Å². The molecule has 1 heterocycles. The number of halogens is 4. The van der Waals surface area contributed by atoms with Crippen molar-refractivity contribution < 1.29 is 13.2 Å². The zero-order valence-corrected chi connectivity index (χ0v) is 14.6. The summed E-state index contributed by atoms with van der Waals surface area (Å²) < 4.78 is 39.4. The fourth-order valence-electron chi connectivity index (χ4n) is 2.11. The van der Waals surface area contributed by atoms with E-state index in [1.807, 2.05) is 14.1 Å². The fraction of sp³-hybridized carbons (Fsp3) is 0.375. The second-order valence-electron chi connectivity index (χ2n) is 5.66. The second kappa shape index (κ2) is 8.35. The smallest absolute Gasteiger partial charge is 0.370 e. The number of rotatable bonds is 7. The lowest BCUT2D eigenvalue weighted by Gasteiger charge is -2.14. The molecule has 5 nitrogen and oxygen atoms in total. The van der Waals surface area contributed by atoms with Crippen LogP contribution >= 0.6 is 11.6 Å². The van der Waals surface area contributed by atoms with Crippen molar-refractivity contribution in [1.82, 2.24) is 14.9 Å². The molecule has 0 amide bonds. The van der Waals surface area contributed by atoms with E-state index in [-0.39, 0.29) is 16.7 Å². The molecule has 0 aliphatic heterocycles. The first-order chi connectivity index (χ1) is 11.8. The molecule has 9 heteroatoms. The van der Waals surface area contributed by atoms with Crippen molar-refractivity contribution in [2.45, 2.75) is 12.6 Å². The average molecular weight is 374 g/mol. The number of aromatic nitrogens is 2. The number of hydrogen-bond acceptors (Lipinski definition) is 5. The average Bonchev–Trinajstić information content (AvgIpc) is 2.52. The summed E-state index contributed by atoms with van der Waals surface area (Å²) in [6.45, 7) is 1.62. The summed E-state index contributed by atoms with van der Waals surface area (Å²) in [6, 6.07) is 5.16. The Kier molecular flexibility index (Phi) is 6.44. The van der Waals surface area contributed by atoms with Gasteiger partial charge >= 0.3 is 6.18 Å². The molecule has 0 spiro atoms. The summed E-state index contributed by atoms with van der Waals surface area (Å²) in [5.41, 5.74) is -1.02. The summed E-state index contributed by atoms with van der Waals surface area (Å²) >= 11 is 5.67. The number of hydrogen-bond donors (Lipinski definition) is 2. The first-order valence-electron chi connectivity index (χ1n) is 7.61. The van der Waals surface area contributed by atoms with Crippen LogP contribution in [0.15, 0.2) is 30.5 Å². The van der Waals surface area contributed by atoms with Crippen molar-refractivity contribution in [2.75, 3.05) is 37.8 Å². The van der Waals surface area contributed by atoms with Crippen LogP contribution in [0, 0.1) is 0 Å². The summed E-state index contributed by atoms with van der Waals surface area (Å²) in [7, 11) is 3.97.